The number of hydrogen-bond donors (Lipinski definition) is 1. The summed E-state index contributed by atoms with van der Waals surface area (Å²) in [6.07, 6.45) is 1.21. The maximum absolute atomic E-state index is 6.45. The van der Waals surface area contributed by atoms with Gasteiger partial charge in [0.25, 0.3) is 0 Å². The fourth-order valence-electron chi connectivity index (χ4n) is 2.91. The Kier molecular flexibility index (Phi) is 2.65. The van der Waals surface area contributed by atoms with Gasteiger partial charge in [-0.2, -0.15) is 0 Å². The lowest BCUT2D eigenvalue weighted by atomic mass is 9.93. The first-order valence-corrected chi connectivity index (χ1v) is 6.81. The number of benzene rings is 2. The molecule has 1 fully saturated rings. The van der Waals surface area contributed by atoms with Crippen LogP contribution in [0.5, 0.6) is 0 Å². The van der Waals surface area contributed by atoms with Gasteiger partial charge in [0.05, 0.1) is 0 Å². The molecule has 18 heavy (non-hydrogen) atoms. The molecule has 2 aromatic carbocycles. The lowest BCUT2D eigenvalue weighted by molar-refractivity contribution is 0.493. The van der Waals surface area contributed by atoms with Crippen molar-refractivity contribution in [2.75, 3.05) is 0 Å². The fraction of sp³-hybridized carbons (Fsp3) is 0.375. The number of halogens is 1. The van der Waals surface area contributed by atoms with Crippen molar-refractivity contribution in [3.63, 3.8) is 0 Å². The van der Waals surface area contributed by atoms with Gasteiger partial charge in [-0.1, -0.05) is 55.8 Å². The van der Waals surface area contributed by atoms with E-state index in [0.29, 0.717) is 11.3 Å². The number of fused-ring (bicyclic) bond motifs is 1. The van der Waals surface area contributed by atoms with Crippen LogP contribution in [0.1, 0.15) is 31.9 Å². The Labute approximate surface area is 113 Å². The summed E-state index contributed by atoms with van der Waals surface area (Å²) in [6, 6.07) is 12.4. The zero-order valence-electron chi connectivity index (χ0n) is 10.8. The van der Waals surface area contributed by atoms with Crippen LogP contribution >= 0.6 is 11.6 Å². The normalized spacial score (nSPS) is 23.0. The van der Waals surface area contributed by atoms with E-state index < -0.39 is 0 Å². The third-order valence-corrected chi connectivity index (χ3v) is 4.62. The standard InChI is InChI=1S/C16H18ClN/c1-16(2)9-13(16)15(18)12-7-8-14(17)11-6-4-3-5-10(11)12/h3-8,13,15H,9,18H2,1-2H3. The quantitative estimate of drug-likeness (QED) is 0.842. The monoisotopic (exact) mass is 259 g/mol. The van der Waals surface area contributed by atoms with Crippen molar-refractivity contribution < 1.29 is 0 Å². The van der Waals surface area contributed by atoms with E-state index in [1.807, 2.05) is 18.2 Å². The summed E-state index contributed by atoms with van der Waals surface area (Å²) in [6.45, 7) is 4.57. The summed E-state index contributed by atoms with van der Waals surface area (Å²) in [5.41, 5.74) is 8.07. The van der Waals surface area contributed by atoms with Crippen LogP contribution in [-0.2, 0) is 0 Å². The van der Waals surface area contributed by atoms with Gasteiger partial charge in [-0.3, -0.25) is 0 Å². The molecule has 94 valence electrons. The minimum Gasteiger partial charge on any atom is -0.324 e. The summed E-state index contributed by atoms with van der Waals surface area (Å²) in [7, 11) is 0. The van der Waals surface area contributed by atoms with Gasteiger partial charge in [0.1, 0.15) is 0 Å². The Morgan fingerprint density at radius 3 is 2.39 bits per heavy atom. The van der Waals surface area contributed by atoms with E-state index in [0.717, 1.165) is 10.4 Å². The van der Waals surface area contributed by atoms with Crippen LogP contribution in [0.15, 0.2) is 36.4 Å². The molecule has 0 radical (unpaired) electrons. The zero-order chi connectivity index (χ0) is 12.9. The third kappa shape index (κ3) is 1.82. The average molecular weight is 260 g/mol. The highest BCUT2D eigenvalue weighted by atomic mass is 35.5. The van der Waals surface area contributed by atoms with Gasteiger partial charge in [0.2, 0.25) is 0 Å². The highest BCUT2D eigenvalue weighted by Crippen LogP contribution is 2.57. The second-order valence-electron chi connectivity index (χ2n) is 6.01. The van der Waals surface area contributed by atoms with Crippen molar-refractivity contribution >= 4 is 22.4 Å². The third-order valence-electron chi connectivity index (χ3n) is 4.29. The Bertz CT molecular complexity index is 603. The van der Waals surface area contributed by atoms with Gasteiger partial charge in [0.15, 0.2) is 0 Å². The van der Waals surface area contributed by atoms with E-state index in [1.165, 1.54) is 17.4 Å². The lowest BCUT2D eigenvalue weighted by Gasteiger charge is -2.17. The first-order valence-electron chi connectivity index (χ1n) is 6.43. The fourth-order valence-corrected chi connectivity index (χ4v) is 3.14. The first-order chi connectivity index (χ1) is 8.50. The van der Waals surface area contributed by atoms with Crippen LogP contribution in [0.4, 0.5) is 0 Å². The van der Waals surface area contributed by atoms with E-state index in [1.54, 1.807) is 0 Å². The van der Waals surface area contributed by atoms with Crippen molar-refractivity contribution in [3.8, 4) is 0 Å². The Balaban J connectivity index is 2.10. The first kappa shape index (κ1) is 12.0. The van der Waals surface area contributed by atoms with E-state index in [2.05, 4.69) is 32.0 Å². The molecule has 2 atom stereocenters. The van der Waals surface area contributed by atoms with Gasteiger partial charge >= 0.3 is 0 Å². The predicted molar refractivity (Wildman–Crippen MR) is 77.8 cm³/mol. The molecule has 2 heteroatoms. The molecule has 3 rings (SSSR count). The van der Waals surface area contributed by atoms with Gasteiger partial charge in [-0.05, 0) is 34.8 Å². The second kappa shape index (κ2) is 3.97. The maximum Gasteiger partial charge on any atom is 0.0484 e. The maximum atomic E-state index is 6.45. The summed E-state index contributed by atoms with van der Waals surface area (Å²) in [4.78, 5) is 0. The highest BCUT2D eigenvalue weighted by molar-refractivity contribution is 6.35. The largest absolute Gasteiger partial charge is 0.324 e. The smallest absolute Gasteiger partial charge is 0.0484 e. The van der Waals surface area contributed by atoms with Crippen LogP contribution in [0.2, 0.25) is 5.02 Å². The summed E-state index contributed by atoms with van der Waals surface area (Å²) in [5.74, 6) is 0.585. The van der Waals surface area contributed by atoms with E-state index in [4.69, 9.17) is 17.3 Å². The summed E-state index contributed by atoms with van der Waals surface area (Å²) < 4.78 is 0. The molecule has 0 saturated heterocycles. The van der Waals surface area contributed by atoms with Gasteiger partial charge in [-0.25, -0.2) is 0 Å². The van der Waals surface area contributed by atoms with Crippen molar-refractivity contribution in [3.05, 3.63) is 47.0 Å². The van der Waals surface area contributed by atoms with Crippen molar-refractivity contribution in [1.29, 1.82) is 0 Å². The molecule has 1 nitrogen and oxygen atoms in total. The van der Waals surface area contributed by atoms with Crippen LogP contribution in [0, 0.1) is 11.3 Å². The Morgan fingerprint density at radius 1 is 1.17 bits per heavy atom. The molecular formula is C16H18ClN. The van der Waals surface area contributed by atoms with E-state index in [9.17, 15) is 0 Å². The molecule has 0 bridgehead atoms. The molecule has 0 aromatic heterocycles. The molecule has 1 aliphatic carbocycles. The molecular weight excluding hydrogens is 242 g/mol. The van der Waals surface area contributed by atoms with Crippen LogP contribution < -0.4 is 5.73 Å². The molecule has 1 saturated carbocycles. The molecule has 2 N–H and O–H groups in total. The van der Waals surface area contributed by atoms with Crippen molar-refractivity contribution in [2.24, 2.45) is 17.1 Å². The molecule has 0 aliphatic heterocycles. The van der Waals surface area contributed by atoms with Gasteiger partial charge in [0, 0.05) is 16.5 Å². The zero-order valence-corrected chi connectivity index (χ0v) is 11.5. The summed E-state index contributed by atoms with van der Waals surface area (Å²) >= 11 is 6.24. The highest BCUT2D eigenvalue weighted by Gasteiger charge is 2.49. The van der Waals surface area contributed by atoms with Gasteiger partial charge in [-0.15, -0.1) is 0 Å². The molecule has 2 unspecified atom stereocenters. The van der Waals surface area contributed by atoms with E-state index >= 15 is 0 Å². The number of rotatable bonds is 2. The molecule has 0 spiro atoms. The van der Waals surface area contributed by atoms with Crippen LogP contribution in [-0.4, -0.2) is 0 Å². The predicted octanol–water partition coefficient (Wildman–Crippen LogP) is 4.54. The molecule has 2 aromatic rings. The van der Waals surface area contributed by atoms with Gasteiger partial charge < -0.3 is 5.73 Å². The minimum atomic E-state index is 0.113. The molecule has 0 heterocycles. The summed E-state index contributed by atoms with van der Waals surface area (Å²) in [5, 5.41) is 3.10. The SMILES string of the molecule is CC1(C)CC1C(N)c1ccc(Cl)c2ccccc12. The Hall–Kier alpha value is -1.05. The average Bonchev–Trinajstić information content (AvgIpc) is 2.99. The van der Waals surface area contributed by atoms with Crippen LogP contribution in [0.25, 0.3) is 10.8 Å². The number of nitrogens with two attached hydrogens (primary N) is 1. The number of hydrogen-bond acceptors (Lipinski definition) is 1. The lowest BCUT2D eigenvalue weighted by Crippen LogP contribution is -2.15. The Morgan fingerprint density at radius 2 is 1.78 bits per heavy atom. The molecule has 0 amide bonds. The van der Waals surface area contributed by atoms with Crippen LogP contribution in [0.3, 0.4) is 0 Å². The van der Waals surface area contributed by atoms with E-state index in [-0.39, 0.29) is 6.04 Å². The van der Waals surface area contributed by atoms with Crippen molar-refractivity contribution in [1.82, 2.24) is 0 Å². The minimum absolute atomic E-state index is 0.113. The van der Waals surface area contributed by atoms with Crippen molar-refractivity contribution in [2.45, 2.75) is 26.3 Å². The topological polar surface area (TPSA) is 26.0 Å². The molecule has 1 aliphatic rings. The second-order valence-corrected chi connectivity index (χ2v) is 6.41.